The lowest BCUT2D eigenvalue weighted by atomic mass is 9.94. The number of aliphatic hydroxyl groups is 1. The fourth-order valence-corrected chi connectivity index (χ4v) is 1.61. The molecule has 0 aromatic heterocycles. The largest absolute Gasteiger partial charge is 0.396 e. The van der Waals surface area contributed by atoms with Gasteiger partial charge in [0, 0.05) is 6.61 Å². The molecule has 0 heterocycles. The van der Waals surface area contributed by atoms with Crippen LogP contribution in [0.1, 0.15) is 44.9 Å². The van der Waals surface area contributed by atoms with E-state index in [4.69, 9.17) is 5.11 Å². The molecule has 0 amide bonds. The molecule has 1 nitrogen and oxygen atoms in total. The zero-order chi connectivity index (χ0) is 7.94. The first-order chi connectivity index (χ1) is 5.43. The van der Waals surface area contributed by atoms with Crippen LogP contribution in [0.5, 0.6) is 0 Å². The Labute approximate surface area is 69.1 Å². The summed E-state index contributed by atoms with van der Waals surface area (Å²) in [4.78, 5) is 0. The molecule has 1 N–H and O–H groups in total. The highest BCUT2D eigenvalue weighted by molar-refractivity contribution is 5.03. The number of unbranched alkanes of at least 4 members (excludes halogenated alkanes) is 1. The molecule has 1 rings (SSSR count). The molecule has 1 saturated carbocycles. The molecule has 0 unspecified atom stereocenters. The highest BCUT2D eigenvalue weighted by Crippen LogP contribution is 2.22. The zero-order valence-corrected chi connectivity index (χ0v) is 7.18. The summed E-state index contributed by atoms with van der Waals surface area (Å²) >= 11 is 0. The molecule has 0 aliphatic heterocycles. The summed E-state index contributed by atoms with van der Waals surface area (Å²) in [5.74, 6) is 0. The van der Waals surface area contributed by atoms with Crippen LogP contribution in [0.3, 0.4) is 0 Å². The molecule has 0 atom stereocenters. The third-order valence-electron chi connectivity index (χ3n) is 2.29. The van der Waals surface area contributed by atoms with Gasteiger partial charge in [-0.05, 0) is 38.5 Å². The standard InChI is InChI=1S/C10H18O/c11-9-5-4-8-10-6-2-1-3-7-10/h8,11H,1-7,9H2. The van der Waals surface area contributed by atoms with E-state index in [1.165, 1.54) is 32.1 Å². The van der Waals surface area contributed by atoms with Crippen molar-refractivity contribution < 1.29 is 5.11 Å². The van der Waals surface area contributed by atoms with Crippen molar-refractivity contribution in [2.24, 2.45) is 0 Å². The van der Waals surface area contributed by atoms with Gasteiger partial charge in [0.25, 0.3) is 0 Å². The van der Waals surface area contributed by atoms with E-state index < -0.39 is 0 Å². The third kappa shape index (κ3) is 3.57. The van der Waals surface area contributed by atoms with Crippen molar-refractivity contribution in [3.63, 3.8) is 0 Å². The van der Waals surface area contributed by atoms with E-state index in [1.807, 2.05) is 0 Å². The second kappa shape index (κ2) is 5.36. The predicted octanol–water partition coefficient (Wildman–Crippen LogP) is 2.65. The van der Waals surface area contributed by atoms with Crippen LogP contribution >= 0.6 is 0 Å². The lowest BCUT2D eigenvalue weighted by Gasteiger charge is -2.12. The van der Waals surface area contributed by atoms with Crippen molar-refractivity contribution in [1.82, 2.24) is 0 Å². The minimum atomic E-state index is 0.337. The van der Waals surface area contributed by atoms with Crippen LogP contribution in [-0.4, -0.2) is 11.7 Å². The first-order valence-corrected chi connectivity index (χ1v) is 4.72. The van der Waals surface area contributed by atoms with Crippen molar-refractivity contribution in [2.45, 2.75) is 44.9 Å². The first kappa shape index (κ1) is 8.79. The Hall–Kier alpha value is -0.300. The molecule has 0 aromatic carbocycles. The molecule has 0 radical (unpaired) electrons. The fraction of sp³-hybridized carbons (Fsp3) is 0.800. The van der Waals surface area contributed by atoms with Gasteiger partial charge in [0.05, 0.1) is 0 Å². The van der Waals surface area contributed by atoms with Crippen LogP contribution in [0.4, 0.5) is 0 Å². The lowest BCUT2D eigenvalue weighted by Crippen LogP contribution is -1.93. The molecule has 0 saturated heterocycles. The molecule has 0 bridgehead atoms. The van der Waals surface area contributed by atoms with Crippen LogP contribution in [0.25, 0.3) is 0 Å². The molecule has 1 aliphatic carbocycles. The van der Waals surface area contributed by atoms with Gasteiger partial charge in [-0.2, -0.15) is 0 Å². The van der Waals surface area contributed by atoms with E-state index in [1.54, 1.807) is 5.57 Å². The van der Waals surface area contributed by atoms with E-state index in [-0.39, 0.29) is 0 Å². The summed E-state index contributed by atoms with van der Waals surface area (Å²) in [5.41, 5.74) is 1.63. The maximum Gasteiger partial charge on any atom is 0.0433 e. The predicted molar refractivity (Wildman–Crippen MR) is 47.5 cm³/mol. The van der Waals surface area contributed by atoms with Crippen molar-refractivity contribution in [3.8, 4) is 0 Å². The maximum absolute atomic E-state index is 8.57. The number of rotatable bonds is 3. The zero-order valence-electron chi connectivity index (χ0n) is 7.18. The van der Waals surface area contributed by atoms with E-state index >= 15 is 0 Å². The Kier molecular flexibility index (Phi) is 4.29. The van der Waals surface area contributed by atoms with Crippen molar-refractivity contribution in [1.29, 1.82) is 0 Å². The van der Waals surface area contributed by atoms with Gasteiger partial charge in [0.2, 0.25) is 0 Å². The Morgan fingerprint density at radius 3 is 2.55 bits per heavy atom. The Morgan fingerprint density at radius 1 is 1.18 bits per heavy atom. The molecule has 64 valence electrons. The SMILES string of the molecule is OCCCC=C1CCCCC1. The molecule has 1 fully saturated rings. The van der Waals surface area contributed by atoms with Crippen LogP contribution in [0, 0.1) is 0 Å². The maximum atomic E-state index is 8.57. The number of allylic oxidation sites excluding steroid dienone is 2. The Morgan fingerprint density at radius 2 is 1.91 bits per heavy atom. The third-order valence-corrected chi connectivity index (χ3v) is 2.29. The number of hydrogen-bond donors (Lipinski definition) is 1. The van der Waals surface area contributed by atoms with Crippen molar-refractivity contribution >= 4 is 0 Å². The van der Waals surface area contributed by atoms with Crippen LogP contribution < -0.4 is 0 Å². The van der Waals surface area contributed by atoms with Crippen LogP contribution in [0.2, 0.25) is 0 Å². The molecule has 1 aliphatic rings. The summed E-state index contributed by atoms with van der Waals surface area (Å²) in [7, 11) is 0. The second-order valence-electron chi connectivity index (χ2n) is 3.29. The van der Waals surface area contributed by atoms with E-state index in [0.29, 0.717) is 6.61 Å². The molecular formula is C10H18O. The smallest absolute Gasteiger partial charge is 0.0433 e. The Balaban J connectivity index is 2.15. The molecule has 0 aromatic rings. The van der Waals surface area contributed by atoms with E-state index in [2.05, 4.69) is 6.08 Å². The second-order valence-corrected chi connectivity index (χ2v) is 3.29. The van der Waals surface area contributed by atoms with Gasteiger partial charge in [-0.25, -0.2) is 0 Å². The van der Waals surface area contributed by atoms with Gasteiger partial charge in [0.15, 0.2) is 0 Å². The highest BCUT2D eigenvalue weighted by Gasteiger charge is 2.03. The normalized spacial score (nSPS) is 18.5. The van der Waals surface area contributed by atoms with Gasteiger partial charge < -0.3 is 5.11 Å². The quantitative estimate of drug-likeness (QED) is 0.489. The van der Waals surface area contributed by atoms with Crippen molar-refractivity contribution in [2.75, 3.05) is 6.61 Å². The first-order valence-electron chi connectivity index (χ1n) is 4.72. The minimum absolute atomic E-state index is 0.337. The Bertz CT molecular complexity index is 119. The van der Waals surface area contributed by atoms with Gasteiger partial charge in [-0.15, -0.1) is 0 Å². The average molecular weight is 154 g/mol. The van der Waals surface area contributed by atoms with Crippen LogP contribution in [-0.2, 0) is 0 Å². The number of hydrogen-bond acceptors (Lipinski definition) is 1. The van der Waals surface area contributed by atoms with Gasteiger partial charge in [-0.1, -0.05) is 18.1 Å². The van der Waals surface area contributed by atoms with Crippen LogP contribution in [0.15, 0.2) is 11.6 Å². The van der Waals surface area contributed by atoms with Gasteiger partial charge in [-0.3, -0.25) is 0 Å². The van der Waals surface area contributed by atoms with Gasteiger partial charge >= 0.3 is 0 Å². The monoisotopic (exact) mass is 154 g/mol. The summed E-state index contributed by atoms with van der Waals surface area (Å²) in [6, 6.07) is 0. The minimum Gasteiger partial charge on any atom is -0.396 e. The lowest BCUT2D eigenvalue weighted by molar-refractivity contribution is 0.289. The summed E-state index contributed by atoms with van der Waals surface area (Å²) in [5, 5.41) is 8.57. The summed E-state index contributed by atoms with van der Waals surface area (Å²) in [6.07, 6.45) is 11.1. The van der Waals surface area contributed by atoms with E-state index in [9.17, 15) is 0 Å². The molecule has 11 heavy (non-hydrogen) atoms. The summed E-state index contributed by atoms with van der Waals surface area (Å²) in [6.45, 7) is 0.337. The highest BCUT2D eigenvalue weighted by atomic mass is 16.2. The summed E-state index contributed by atoms with van der Waals surface area (Å²) < 4.78 is 0. The van der Waals surface area contributed by atoms with Gasteiger partial charge in [0.1, 0.15) is 0 Å². The molecular weight excluding hydrogens is 136 g/mol. The fourth-order valence-electron chi connectivity index (χ4n) is 1.61. The average Bonchev–Trinajstić information content (AvgIpc) is 2.07. The molecule has 0 spiro atoms. The van der Waals surface area contributed by atoms with E-state index in [0.717, 1.165) is 12.8 Å². The number of aliphatic hydroxyl groups excluding tert-OH is 1. The molecule has 1 heteroatoms. The van der Waals surface area contributed by atoms with Crippen molar-refractivity contribution in [3.05, 3.63) is 11.6 Å². The topological polar surface area (TPSA) is 20.2 Å².